The van der Waals surface area contributed by atoms with E-state index in [0.29, 0.717) is 13.2 Å². The van der Waals surface area contributed by atoms with Crippen LogP contribution in [-0.2, 0) is 14.2 Å². The Bertz CT molecular complexity index is 810. The first-order chi connectivity index (χ1) is 14.3. The third-order valence-corrected chi connectivity index (χ3v) is 5.94. The zero-order valence-electron chi connectivity index (χ0n) is 16.7. The van der Waals surface area contributed by atoms with E-state index in [-0.39, 0.29) is 11.9 Å². The maximum Gasteiger partial charge on any atom is 0.171 e. The van der Waals surface area contributed by atoms with Crippen LogP contribution in [-0.4, -0.2) is 61.3 Å². The molecule has 3 aliphatic rings. The summed E-state index contributed by atoms with van der Waals surface area (Å²) in [6, 6.07) is 12.2. The van der Waals surface area contributed by atoms with E-state index in [0.717, 1.165) is 74.9 Å². The van der Waals surface area contributed by atoms with Gasteiger partial charge in [0.2, 0.25) is 0 Å². The number of ether oxygens (including phenoxy) is 3. The van der Waals surface area contributed by atoms with Gasteiger partial charge in [-0.25, -0.2) is 9.97 Å². The van der Waals surface area contributed by atoms with Crippen molar-refractivity contribution in [3.05, 3.63) is 36.4 Å². The van der Waals surface area contributed by atoms with Crippen molar-refractivity contribution in [2.24, 2.45) is 0 Å². The van der Waals surface area contributed by atoms with Crippen LogP contribution in [0.3, 0.4) is 0 Å². The predicted octanol–water partition coefficient (Wildman–Crippen LogP) is 3.08. The molecule has 1 aromatic heterocycles. The van der Waals surface area contributed by atoms with Gasteiger partial charge in [-0.3, -0.25) is 0 Å². The number of nitrogens with one attached hydrogen (secondary N) is 1. The van der Waals surface area contributed by atoms with Crippen LogP contribution in [0.15, 0.2) is 36.4 Å². The van der Waals surface area contributed by atoms with Gasteiger partial charge in [0, 0.05) is 50.7 Å². The summed E-state index contributed by atoms with van der Waals surface area (Å²) in [4.78, 5) is 12.0. The topological polar surface area (TPSA) is 68.7 Å². The first kappa shape index (κ1) is 18.8. The average molecular weight is 396 g/mol. The minimum Gasteiger partial charge on any atom is -0.376 e. The lowest BCUT2D eigenvalue weighted by atomic mass is 10.0. The Labute approximate surface area is 171 Å². The van der Waals surface area contributed by atoms with Gasteiger partial charge in [-0.1, -0.05) is 30.3 Å². The van der Waals surface area contributed by atoms with Crippen LogP contribution < -0.4 is 10.2 Å². The number of piperidine rings is 1. The summed E-state index contributed by atoms with van der Waals surface area (Å²) in [5.74, 6) is 2.15. The number of benzene rings is 1. The highest BCUT2D eigenvalue weighted by molar-refractivity contribution is 5.62. The molecule has 1 spiro atoms. The smallest absolute Gasteiger partial charge is 0.171 e. The fourth-order valence-electron chi connectivity index (χ4n) is 4.29. The fraction of sp³-hybridized carbons (Fsp3) is 0.545. The second-order valence-electron chi connectivity index (χ2n) is 7.91. The number of hydrogen-bond donors (Lipinski definition) is 1. The Balaban J connectivity index is 1.37. The van der Waals surface area contributed by atoms with Crippen molar-refractivity contribution in [2.45, 2.75) is 37.6 Å². The maximum atomic E-state index is 5.87. The molecule has 3 saturated heterocycles. The van der Waals surface area contributed by atoms with Crippen molar-refractivity contribution >= 4 is 11.6 Å². The summed E-state index contributed by atoms with van der Waals surface area (Å²) in [7, 11) is 0. The standard InChI is InChI=1S/C22H28N4O3/c1-2-5-17(6-3-1)21-24-19(23-16-18-7-4-12-27-18)15-20(25-21)26-10-8-22(9-11-26)28-13-14-29-22/h1-3,5-6,15,18H,4,7-14,16H2,(H,23,24,25). The van der Waals surface area contributed by atoms with E-state index < -0.39 is 0 Å². The Morgan fingerprint density at radius 2 is 1.83 bits per heavy atom. The van der Waals surface area contributed by atoms with Crippen LogP contribution in [0.1, 0.15) is 25.7 Å². The van der Waals surface area contributed by atoms with Gasteiger partial charge in [0.1, 0.15) is 11.6 Å². The zero-order chi connectivity index (χ0) is 19.5. The maximum absolute atomic E-state index is 5.87. The van der Waals surface area contributed by atoms with E-state index in [9.17, 15) is 0 Å². The fourth-order valence-corrected chi connectivity index (χ4v) is 4.29. The predicted molar refractivity (Wildman–Crippen MR) is 111 cm³/mol. The van der Waals surface area contributed by atoms with Crippen molar-refractivity contribution in [2.75, 3.05) is 49.7 Å². The third-order valence-electron chi connectivity index (χ3n) is 5.94. The Hall–Kier alpha value is -2.22. The van der Waals surface area contributed by atoms with Crippen LogP contribution >= 0.6 is 0 Å². The monoisotopic (exact) mass is 396 g/mol. The molecule has 0 amide bonds. The molecule has 0 bridgehead atoms. The Kier molecular flexibility index (Phi) is 5.35. The highest BCUT2D eigenvalue weighted by Crippen LogP contribution is 2.33. The molecule has 0 aliphatic carbocycles. The van der Waals surface area contributed by atoms with Crippen molar-refractivity contribution in [1.29, 1.82) is 0 Å². The van der Waals surface area contributed by atoms with Crippen LogP contribution in [0.25, 0.3) is 11.4 Å². The van der Waals surface area contributed by atoms with Crippen LogP contribution in [0.5, 0.6) is 0 Å². The number of nitrogens with zero attached hydrogens (tertiary/aromatic N) is 3. The van der Waals surface area contributed by atoms with Gasteiger partial charge in [-0.2, -0.15) is 0 Å². The number of aromatic nitrogens is 2. The zero-order valence-corrected chi connectivity index (χ0v) is 16.7. The van der Waals surface area contributed by atoms with Crippen molar-refractivity contribution in [3.8, 4) is 11.4 Å². The highest BCUT2D eigenvalue weighted by atomic mass is 16.7. The average Bonchev–Trinajstić information content (AvgIpc) is 3.46. The second kappa shape index (κ2) is 8.26. The van der Waals surface area contributed by atoms with Gasteiger partial charge < -0.3 is 24.4 Å². The Morgan fingerprint density at radius 1 is 1.03 bits per heavy atom. The molecular formula is C22H28N4O3. The van der Waals surface area contributed by atoms with Crippen LogP contribution in [0, 0.1) is 0 Å². The number of anilines is 2. The normalized spacial score (nSPS) is 23.6. The molecule has 1 atom stereocenters. The Morgan fingerprint density at radius 3 is 2.55 bits per heavy atom. The largest absolute Gasteiger partial charge is 0.376 e. The second-order valence-corrected chi connectivity index (χ2v) is 7.91. The molecule has 7 nitrogen and oxygen atoms in total. The van der Waals surface area contributed by atoms with Crippen molar-refractivity contribution in [3.63, 3.8) is 0 Å². The SMILES string of the molecule is c1ccc(-c2nc(NCC3CCCO3)cc(N3CCC4(CC3)OCCO4)n2)cc1. The summed E-state index contributed by atoms with van der Waals surface area (Å²) in [6.45, 7) is 4.74. The molecule has 7 heteroatoms. The highest BCUT2D eigenvalue weighted by Gasteiger charge is 2.40. The van der Waals surface area contributed by atoms with Gasteiger partial charge in [0.05, 0.1) is 19.3 Å². The molecule has 3 aliphatic heterocycles. The summed E-state index contributed by atoms with van der Waals surface area (Å²) < 4.78 is 17.5. The molecule has 0 saturated carbocycles. The van der Waals surface area contributed by atoms with E-state index in [4.69, 9.17) is 24.2 Å². The molecular weight excluding hydrogens is 368 g/mol. The molecule has 1 aromatic carbocycles. The van der Waals surface area contributed by atoms with E-state index in [1.807, 2.05) is 30.3 Å². The van der Waals surface area contributed by atoms with Crippen LogP contribution in [0.4, 0.5) is 11.6 Å². The molecule has 1 unspecified atom stereocenters. The minimum atomic E-state index is -0.382. The molecule has 154 valence electrons. The van der Waals surface area contributed by atoms with Crippen molar-refractivity contribution in [1.82, 2.24) is 9.97 Å². The molecule has 2 aromatic rings. The molecule has 0 radical (unpaired) electrons. The van der Waals surface area contributed by atoms with E-state index >= 15 is 0 Å². The van der Waals surface area contributed by atoms with Gasteiger partial charge in [-0.15, -0.1) is 0 Å². The van der Waals surface area contributed by atoms with E-state index in [2.05, 4.69) is 16.3 Å². The van der Waals surface area contributed by atoms with E-state index in [1.54, 1.807) is 0 Å². The number of rotatable bonds is 5. The third kappa shape index (κ3) is 4.22. The van der Waals surface area contributed by atoms with Crippen LogP contribution in [0.2, 0.25) is 0 Å². The molecule has 4 heterocycles. The lowest BCUT2D eigenvalue weighted by Gasteiger charge is -2.38. The summed E-state index contributed by atoms with van der Waals surface area (Å²) in [5, 5.41) is 3.47. The summed E-state index contributed by atoms with van der Waals surface area (Å²) >= 11 is 0. The molecule has 5 rings (SSSR count). The minimum absolute atomic E-state index is 0.264. The van der Waals surface area contributed by atoms with Gasteiger partial charge in [0.15, 0.2) is 11.6 Å². The van der Waals surface area contributed by atoms with E-state index in [1.165, 1.54) is 0 Å². The molecule has 1 N–H and O–H groups in total. The lowest BCUT2D eigenvalue weighted by Crippen LogP contribution is -2.45. The van der Waals surface area contributed by atoms with Gasteiger partial charge in [-0.05, 0) is 12.8 Å². The molecule has 3 fully saturated rings. The molecule has 29 heavy (non-hydrogen) atoms. The first-order valence-corrected chi connectivity index (χ1v) is 10.6. The summed E-state index contributed by atoms with van der Waals surface area (Å²) in [6.07, 6.45) is 4.22. The summed E-state index contributed by atoms with van der Waals surface area (Å²) in [5.41, 5.74) is 1.02. The lowest BCUT2D eigenvalue weighted by molar-refractivity contribution is -0.169. The quantitative estimate of drug-likeness (QED) is 0.833. The van der Waals surface area contributed by atoms with Crippen molar-refractivity contribution < 1.29 is 14.2 Å². The van der Waals surface area contributed by atoms with Gasteiger partial charge >= 0.3 is 0 Å². The number of hydrogen-bond acceptors (Lipinski definition) is 7. The first-order valence-electron chi connectivity index (χ1n) is 10.6. The van der Waals surface area contributed by atoms with Gasteiger partial charge in [0.25, 0.3) is 0 Å².